The van der Waals surface area contributed by atoms with Crippen LogP contribution in [0.2, 0.25) is 0 Å². The second kappa shape index (κ2) is 6.13. The molecule has 1 aromatic carbocycles. The molecule has 1 aliphatic heterocycles. The molecule has 3 rings (SSSR count). The Morgan fingerprint density at radius 1 is 1.33 bits per heavy atom. The number of benzene rings is 1. The molecule has 0 bridgehead atoms. The molecule has 6 heteroatoms. The predicted molar refractivity (Wildman–Crippen MR) is 78.4 cm³/mol. The first-order chi connectivity index (χ1) is 10.2. The molecule has 0 spiro atoms. The molecule has 0 fully saturated rings. The monoisotopic (exact) mass is 288 g/mol. The van der Waals surface area contributed by atoms with Crippen molar-refractivity contribution < 1.29 is 9.47 Å². The quantitative estimate of drug-likeness (QED) is 0.906. The van der Waals surface area contributed by atoms with Crippen LogP contribution in [0.3, 0.4) is 0 Å². The van der Waals surface area contributed by atoms with E-state index in [1.54, 1.807) is 4.68 Å². The Kier molecular flexibility index (Phi) is 4.06. The zero-order chi connectivity index (χ0) is 14.7. The zero-order valence-corrected chi connectivity index (χ0v) is 12.3. The van der Waals surface area contributed by atoms with Crippen molar-refractivity contribution in [1.82, 2.24) is 20.3 Å². The molecule has 1 aromatic heterocycles. The van der Waals surface area contributed by atoms with Crippen molar-refractivity contribution in [3.63, 3.8) is 0 Å². The minimum Gasteiger partial charge on any atom is -0.486 e. The van der Waals surface area contributed by atoms with Crippen LogP contribution in [-0.2, 0) is 13.1 Å². The van der Waals surface area contributed by atoms with Crippen molar-refractivity contribution in [2.24, 2.45) is 0 Å². The van der Waals surface area contributed by atoms with Crippen LogP contribution in [-0.4, -0.2) is 33.7 Å². The van der Waals surface area contributed by atoms with Crippen LogP contribution in [0.5, 0.6) is 11.5 Å². The molecule has 1 N–H and O–H groups in total. The van der Waals surface area contributed by atoms with Gasteiger partial charge < -0.3 is 14.8 Å². The highest BCUT2D eigenvalue weighted by molar-refractivity contribution is 5.40. The Bertz CT molecular complexity index is 597. The summed E-state index contributed by atoms with van der Waals surface area (Å²) in [6.07, 6.45) is 1.90. The number of fused-ring (bicyclic) bond motifs is 1. The summed E-state index contributed by atoms with van der Waals surface area (Å²) >= 11 is 0. The standard InChI is InChI=1S/C15H20N4O2/c1-11(2)16-7-12-8-19(18-17-12)9-13-10-20-14-5-3-4-6-15(14)21-13/h3-6,8,11,13,16H,7,9-10H2,1-2H3. The van der Waals surface area contributed by atoms with Gasteiger partial charge in [-0.05, 0) is 12.1 Å². The summed E-state index contributed by atoms with van der Waals surface area (Å²) in [5.41, 5.74) is 0.931. The molecule has 21 heavy (non-hydrogen) atoms. The number of para-hydroxylation sites is 2. The van der Waals surface area contributed by atoms with Gasteiger partial charge in [-0.1, -0.05) is 31.2 Å². The predicted octanol–water partition coefficient (Wildman–Crippen LogP) is 1.62. The van der Waals surface area contributed by atoms with Gasteiger partial charge in [0.05, 0.1) is 12.2 Å². The Labute approximate surface area is 124 Å². The van der Waals surface area contributed by atoms with Crippen molar-refractivity contribution in [2.45, 2.75) is 39.1 Å². The molecule has 2 aromatic rings. The van der Waals surface area contributed by atoms with E-state index in [0.717, 1.165) is 23.7 Å². The van der Waals surface area contributed by atoms with E-state index in [2.05, 4.69) is 29.5 Å². The summed E-state index contributed by atoms with van der Waals surface area (Å²) in [5.74, 6) is 1.59. The van der Waals surface area contributed by atoms with Crippen LogP contribution in [0, 0.1) is 0 Å². The van der Waals surface area contributed by atoms with Crippen LogP contribution < -0.4 is 14.8 Å². The first-order valence-corrected chi connectivity index (χ1v) is 7.21. The molecule has 0 aliphatic carbocycles. The van der Waals surface area contributed by atoms with Crippen molar-refractivity contribution in [3.8, 4) is 11.5 Å². The average Bonchev–Trinajstić information content (AvgIpc) is 2.92. The molecule has 0 radical (unpaired) electrons. The van der Waals surface area contributed by atoms with Crippen LogP contribution in [0.4, 0.5) is 0 Å². The molecule has 112 valence electrons. The maximum atomic E-state index is 5.91. The van der Waals surface area contributed by atoms with E-state index in [9.17, 15) is 0 Å². The lowest BCUT2D eigenvalue weighted by Gasteiger charge is -2.26. The normalized spacial score (nSPS) is 17.2. The Hall–Kier alpha value is -2.08. The number of aromatic nitrogens is 3. The summed E-state index contributed by atoms with van der Waals surface area (Å²) in [4.78, 5) is 0. The van der Waals surface area contributed by atoms with Gasteiger partial charge in [0.15, 0.2) is 17.6 Å². The number of ether oxygens (including phenoxy) is 2. The maximum absolute atomic E-state index is 5.91. The Morgan fingerprint density at radius 3 is 2.95 bits per heavy atom. The van der Waals surface area contributed by atoms with E-state index in [4.69, 9.17) is 9.47 Å². The van der Waals surface area contributed by atoms with Crippen LogP contribution in [0.15, 0.2) is 30.5 Å². The van der Waals surface area contributed by atoms with E-state index in [1.165, 1.54) is 0 Å². The number of nitrogens with one attached hydrogen (secondary N) is 1. The Balaban J connectivity index is 1.58. The van der Waals surface area contributed by atoms with E-state index in [-0.39, 0.29) is 6.10 Å². The van der Waals surface area contributed by atoms with Gasteiger partial charge in [-0.15, -0.1) is 5.10 Å². The number of hydrogen-bond donors (Lipinski definition) is 1. The molecule has 0 amide bonds. The minimum absolute atomic E-state index is 0.0486. The third-order valence-electron chi connectivity index (χ3n) is 3.24. The van der Waals surface area contributed by atoms with Gasteiger partial charge in [0.25, 0.3) is 0 Å². The van der Waals surface area contributed by atoms with Gasteiger partial charge in [-0.2, -0.15) is 0 Å². The zero-order valence-electron chi connectivity index (χ0n) is 12.3. The minimum atomic E-state index is -0.0486. The van der Waals surface area contributed by atoms with Gasteiger partial charge in [-0.3, -0.25) is 0 Å². The largest absolute Gasteiger partial charge is 0.486 e. The fourth-order valence-electron chi connectivity index (χ4n) is 2.18. The summed E-state index contributed by atoms with van der Waals surface area (Å²) in [6, 6.07) is 8.14. The molecule has 6 nitrogen and oxygen atoms in total. The Morgan fingerprint density at radius 2 is 2.14 bits per heavy atom. The van der Waals surface area contributed by atoms with Crippen LogP contribution >= 0.6 is 0 Å². The van der Waals surface area contributed by atoms with E-state index in [1.807, 2.05) is 30.5 Å². The second-order valence-corrected chi connectivity index (χ2v) is 5.47. The van der Waals surface area contributed by atoms with E-state index < -0.39 is 0 Å². The summed E-state index contributed by atoms with van der Waals surface area (Å²) in [6.45, 7) is 6.09. The molecule has 1 unspecified atom stereocenters. The van der Waals surface area contributed by atoms with Crippen LogP contribution in [0.1, 0.15) is 19.5 Å². The third kappa shape index (κ3) is 3.52. The van der Waals surface area contributed by atoms with Gasteiger partial charge in [0, 0.05) is 18.8 Å². The summed E-state index contributed by atoms with van der Waals surface area (Å²) in [7, 11) is 0. The summed E-state index contributed by atoms with van der Waals surface area (Å²) in [5, 5.41) is 11.6. The fraction of sp³-hybridized carbons (Fsp3) is 0.467. The highest BCUT2D eigenvalue weighted by Gasteiger charge is 2.21. The number of rotatable bonds is 5. The fourth-order valence-corrected chi connectivity index (χ4v) is 2.18. The van der Waals surface area contributed by atoms with E-state index >= 15 is 0 Å². The number of nitrogens with zero attached hydrogens (tertiary/aromatic N) is 3. The summed E-state index contributed by atoms with van der Waals surface area (Å²) < 4.78 is 13.4. The van der Waals surface area contributed by atoms with Gasteiger partial charge in [0.1, 0.15) is 6.61 Å². The highest BCUT2D eigenvalue weighted by atomic mass is 16.6. The third-order valence-corrected chi connectivity index (χ3v) is 3.24. The average molecular weight is 288 g/mol. The van der Waals surface area contributed by atoms with Crippen molar-refractivity contribution in [2.75, 3.05) is 6.61 Å². The molecule has 1 aliphatic rings. The maximum Gasteiger partial charge on any atom is 0.161 e. The molecule has 0 saturated carbocycles. The molecular weight excluding hydrogens is 268 g/mol. The highest BCUT2D eigenvalue weighted by Crippen LogP contribution is 2.31. The SMILES string of the molecule is CC(C)NCc1cn(CC2COc3ccccc3O2)nn1. The van der Waals surface area contributed by atoms with Gasteiger partial charge >= 0.3 is 0 Å². The van der Waals surface area contributed by atoms with E-state index in [0.29, 0.717) is 19.2 Å². The second-order valence-electron chi connectivity index (χ2n) is 5.47. The first-order valence-electron chi connectivity index (χ1n) is 7.21. The van der Waals surface area contributed by atoms with Gasteiger partial charge in [0.2, 0.25) is 0 Å². The van der Waals surface area contributed by atoms with Crippen molar-refractivity contribution in [3.05, 3.63) is 36.2 Å². The molecule has 0 saturated heterocycles. The lowest BCUT2D eigenvalue weighted by atomic mass is 10.2. The lowest BCUT2D eigenvalue weighted by Crippen LogP contribution is -2.33. The molecule has 2 heterocycles. The van der Waals surface area contributed by atoms with Crippen molar-refractivity contribution in [1.29, 1.82) is 0 Å². The smallest absolute Gasteiger partial charge is 0.161 e. The van der Waals surface area contributed by atoms with Gasteiger partial charge in [-0.25, -0.2) is 4.68 Å². The lowest BCUT2D eigenvalue weighted by molar-refractivity contribution is 0.0755. The molecular formula is C15H20N4O2. The topological polar surface area (TPSA) is 61.2 Å². The van der Waals surface area contributed by atoms with Crippen LogP contribution in [0.25, 0.3) is 0 Å². The molecule has 1 atom stereocenters. The first kappa shape index (κ1) is 13.9. The number of hydrogen-bond acceptors (Lipinski definition) is 5. The van der Waals surface area contributed by atoms with Crippen molar-refractivity contribution >= 4 is 0 Å².